The summed E-state index contributed by atoms with van der Waals surface area (Å²) in [5, 5.41) is 9.84. The molecular weight excluding hydrogens is 368 g/mol. The first-order valence-corrected chi connectivity index (χ1v) is 9.59. The Balaban J connectivity index is 2.16. The topological polar surface area (TPSA) is 51.0 Å². The molecule has 0 spiro atoms. The summed E-state index contributed by atoms with van der Waals surface area (Å²) in [6.07, 6.45) is 0.859. The lowest BCUT2D eigenvalue weighted by Crippen LogP contribution is -2.16. The second-order valence-corrected chi connectivity index (χ2v) is 7.85. The van der Waals surface area contributed by atoms with E-state index in [0.717, 1.165) is 27.9 Å². The Morgan fingerprint density at radius 2 is 1.96 bits per heavy atom. The quantitative estimate of drug-likeness (QED) is 0.595. The average molecular weight is 389 g/mol. The Bertz CT molecular complexity index is 945. The van der Waals surface area contributed by atoms with Gasteiger partial charge in [0.25, 0.3) is 0 Å². The van der Waals surface area contributed by atoms with Crippen molar-refractivity contribution in [1.82, 2.24) is 19.7 Å². The molecule has 0 saturated carbocycles. The van der Waals surface area contributed by atoms with E-state index in [9.17, 15) is 4.79 Å². The molecule has 26 heavy (non-hydrogen) atoms. The molecule has 2 aromatic heterocycles. The number of benzene rings is 1. The number of carbonyl (C=O) groups excluding carboxylic acids is 1. The molecular formula is C19H21ClN4OS. The number of rotatable bonds is 6. The largest absolute Gasteiger partial charge is 0.302 e. The zero-order chi connectivity index (χ0) is 18.8. The van der Waals surface area contributed by atoms with E-state index in [4.69, 9.17) is 11.6 Å². The highest BCUT2D eigenvalue weighted by Crippen LogP contribution is 2.32. The van der Waals surface area contributed by atoms with Crippen LogP contribution in [0.4, 0.5) is 0 Å². The molecule has 1 aromatic carbocycles. The van der Waals surface area contributed by atoms with Gasteiger partial charge in [0, 0.05) is 10.4 Å². The highest BCUT2D eigenvalue weighted by Gasteiger charge is 2.23. The van der Waals surface area contributed by atoms with Gasteiger partial charge in [-0.2, -0.15) is 0 Å². The molecule has 136 valence electrons. The van der Waals surface area contributed by atoms with Crippen molar-refractivity contribution in [2.75, 3.05) is 14.1 Å². The fourth-order valence-electron chi connectivity index (χ4n) is 2.78. The molecule has 0 bridgehead atoms. The first-order chi connectivity index (χ1) is 12.4. The second kappa shape index (κ2) is 7.70. The van der Waals surface area contributed by atoms with E-state index < -0.39 is 0 Å². The van der Waals surface area contributed by atoms with Gasteiger partial charge in [-0.05, 0) is 45.6 Å². The fraction of sp³-hybridized carbons (Fsp3) is 0.316. The molecule has 0 amide bonds. The van der Waals surface area contributed by atoms with Gasteiger partial charge in [-0.3, -0.25) is 9.36 Å². The summed E-state index contributed by atoms with van der Waals surface area (Å²) >= 11 is 7.86. The van der Waals surface area contributed by atoms with Gasteiger partial charge in [0.15, 0.2) is 11.6 Å². The number of aromatic nitrogens is 3. The van der Waals surface area contributed by atoms with Gasteiger partial charge in [0.2, 0.25) is 0 Å². The summed E-state index contributed by atoms with van der Waals surface area (Å²) < 4.78 is 1.98. The standard InChI is InChI=1S/C19H21ClN4OS/c1-5-13-10-15(18(25)14-8-6-7-9-16(14)20)19(26-13)24-12(2)21-22-17(24)11-23(3)4/h6-10H,5,11H2,1-4H3. The monoisotopic (exact) mass is 388 g/mol. The number of thiophene rings is 1. The van der Waals surface area contributed by atoms with E-state index in [1.807, 2.05) is 48.7 Å². The lowest BCUT2D eigenvalue weighted by molar-refractivity contribution is 0.103. The van der Waals surface area contributed by atoms with Crippen molar-refractivity contribution in [2.24, 2.45) is 0 Å². The predicted octanol–water partition coefficient (Wildman–Crippen LogP) is 4.15. The number of hydrogen-bond acceptors (Lipinski definition) is 5. The number of ketones is 1. The predicted molar refractivity (Wildman–Crippen MR) is 106 cm³/mol. The van der Waals surface area contributed by atoms with Crippen LogP contribution in [0.2, 0.25) is 5.02 Å². The molecule has 2 heterocycles. The molecule has 0 fully saturated rings. The third-order valence-electron chi connectivity index (χ3n) is 4.03. The van der Waals surface area contributed by atoms with Crippen LogP contribution in [0, 0.1) is 6.92 Å². The van der Waals surface area contributed by atoms with Gasteiger partial charge in [-0.1, -0.05) is 30.7 Å². The first kappa shape index (κ1) is 18.8. The molecule has 0 unspecified atom stereocenters. The van der Waals surface area contributed by atoms with E-state index in [0.29, 0.717) is 22.7 Å². The van der Waals surface area contributed by atoms with Crippen molar-refractivity contribution < 1.29 is 4.79 Å². The van der Waals surface area contributed by atoms with Crippen molar-refractivity contribution in [3.05, 3.63) is 63.0 Å². The van der Waals surface area contributed by atoms with Crippen molar-refractivity contribution in [3.8, 4) is 5.00 Å². The van der Waals surface area contributed by atoms with Crippen LogP contribution in [0.15, 0.2) is 30.3 Å². The normalized spacial score (nSPS) is 11.3. The fourth-order valence-corrected chi connectivity index (χ4v) is 4.16. The highest BCUT2D eigenvalue weighted by molar-refractivity contribution is 7.15. The Morgan fingerprint density at radius 1 is 1.23 bits per heavy atom. The summed E-state index contributed by atoms with van der Waals surface area (Å²) in [6, 6.07) is 9.11. The van der Waals surface area contributed by atoms with Gasteiger partial charge in [-0.15, -0.1) is 21.5 Å². The van der Waals surface area contributed by atoms with Crippen LogP contribution in [0.25, 0.3) is 5.00 Å². The van der Waals surface area contributed by atoms with Gasteiger partial charge >= 0.3 is 0 Å². The summed E-state index contributed by atoms with van der Waals surface area (Å²) in [6.45, 7) is 4.63. The summed E-state index contributed by atoms with van der Waals surface area (Å²) in [7, 11) is 3.96. The molecule has 0 saturated heterocycles. The molecule has 3 aromatic rings. The number of aryl methyl sites for hydroxylation is 2. The van der Waals surface area contributed by atoms with Gasteiger partial charge in [-0.25, -0.2) is 0 Å². The average Bonchev–Trinajstić information content (AvgIpc) is 3.17. The van der Waals surface area contributed by atoms with Crippen LogP contribution in [0.3, 0.4) is 0 Å². The lowest BCUT2D eigenvalue weighted by atomic mass is 10.0. The molecule has 0 aliphatic carbocycles. The van der Waals surface area contributed by atoms with E-state index >= 15 is 0 Å². The SMILES string of the molecule is CCc1cc(C(=O)c2ccccc2Cl)c(-n2c(C)nnc2CN(C)C)s1. The minimum Gasteiger partial charge on any atom is -0.302 e. The number of nitrogens with zero attached hydrogens (tertiary/aromatic N) is 4. The zero-order valence-electron chi connectivity index (χ0n) is 15.3. The summed E-state index contributed by atoms with van der Waals surface area (Å²) in [5.41, 5.74) is 1.15. The number of hydrogen-bond donors (Lipinski definition) is 0. The first-order valence-electron chi connectivity index (χ1n) is 8.40. The van der Waals surface area contributed by atoms with Crippen molar-refractivity contribution in [2.45, 2.75) is 26.8 Å². The van der Waals surface area contributed by atoms with Crippen LogP contribution in [0.1, 0.15) is 39.4 Å². The van der Waals surface area contributed by atoms with Crippen LogP contribution in [0.5, 0.6) is 0 Å². The number of carbonyl (C=O) groups is 1. The van der Waals surface area contributed by atoms with Crippen LogP contribution < -0.4 is 0 Å². The molecule has 0 aliphatic heterocycles. The lowest BCUT2D eigenvalue weighted by Gasteiger charge is -2.12. The van der Waals surface area contributed by atoms with Crippen molar-refractivity contribution >= 4 is 28.7 Å². The molecule has 3 rings (SSSR count). The zero-order valence-corrected chi connectivity index (χ0v) is 16.9. The maximum atomic E-state index is 13.2. The van der Waals surface area contributed by atoms with Crippen LogP contribution in [-0.2, 0) is 13.0 Å². The van der Waals surface area contributed by atoms with Crippen molar-refractivity contribution in [3.63, 3.8) is 0 Å². The Hall–Kier alpha value is -2.02. The van der Waals surface area contributed by atoms with E-state index in [-0.39, 0.29) is 5.78 Å². The summed E-state index contributed by atoms with van der Waals surface area (Å²) in [5.74, 6) is 1.50. The Labute approximate surface area is 162 Å². The van der Waals surface area contributed by atoms with Crippen molar-refractivity contribution in [1.29, 1.82) is 0 Å². The van der Waals surface area contributed by atoms with Gasteiger partial charge in [0.05, 0.1) is 17.1 Å². The number of halogens is 1. The van der Waals surface area contributed by atoms with E-state index in [1.54, 1.807) is 23.5 Å². The van der Waals surface area contributed by atoms with Gasteiger partial charge in [0.1, 0.15) is 10.8 Å². The molecule has 0 aliphatic rings. The molecule has 7 heteroatoms. The molecule has 0 N–H and O–H groups in total. The van der Waals surface area contributed by atoms with Crippen LogP contribution in [-0.4, -0.2) is 39.5 Å². The maximum absolute atomic E-state index is 13.2. The second-order valence-electron chi connectivity index (χ2n) is 6.33. The van der Waals surface area contributed by atoms with Crippen LogP contribution >= 0.6 is 22.9 Å². The maximum Gasteiger partial charge on any atom is 0.197 e. The molecule has 0 radical (unpaired) electrons. The highest BCUT2D eigenvalue weighted by atomic mass is 35.5. The minimum atomic E-state index is -0.0783. The smallest absolute Gasteiger partial charge is 0.197 e. The summed E-state index contributed by atoms with van der Waals surface area (Å²) in [4.78, 5) is 16.4. The third kappa shape index (κ3) is 3.58. The minimum absolute atomic E-state index is 0.0783. The third-order valence-corrected chi connectivity index (χ3v) is 5.62. The van der Waals surface area contributed by atoms with E-state index in [2.05, 4.69) is 17.1 Å². The Kier molecular flexibility index (Phi) is 5.55. The Morgan fingerprint density at radius 3 is 2.62 bits per heavy atom. The molecule has 0 atom stereocenters. The van der Waals surface area contributed by atoms with Gasteiger partial charge < -0.3 is 4.90 Å². The van der Waals surface area contributed by atoms with E-state index in [1.165, 1.54) is 0 Å². The molecule has 5 nitrogen and oxygen atoms in total.